The second-order valence-corrected chi connectivity index (χ2v) is 5.51. The number of aromatic nitrogens is 1. The van der Waals surface area contributed by atoms with Crippen LogP contribution in [0.25, 0.3) is 17.0 Å². The van der Waals surface area contributed by atoms with Crippen LogP contribution in [0.2, 0.25) is 0 Å². The zero-order chi connectivity index (χ0) is 18.5. The van der Waals surface area contributed by atoms with Gasteiger partial charge in [0.15, 0.2) is 0 Å². The SMILES string of the molecule is COc1ccc(NC(=O)C(C#N)=Cc2c[nH]c3ccc(OC)cc23)cc1. The van der Waals surface area contributed by atoms with Crippen LogP contribution in [0.3, 0.4) is 0 Å². The molecule has 0 fully saturated rings. The second-order valence-electron chi connectivity index (χ2n) is 5.51. The molecule has 0 aliphatic carbocycles. The highest BCUT2D eigenvalue weighted by molar-refractivity contribution is 6.10. The highest BCUT2D eigenvalue weighted by Crippen LogP contribution is 2.25. The third-order valence-corrected chi connectivity index (χ3v) is 3.93. The molecule has 2 N–H and O–H groups in total. The first-order valence-electron chi connectivity index (χ1n) is 7.87. The van der Waals surface area contributed by atoms with Crippen molar-refractivity contribution in [3.63, 3.8) is 0 Å². The molecule has 1 heterocycles. The highest BCUT2D eigenvalue weighted by atomic mass is 16.5. The third kappa shape index (κ3) is 3.52. The lowest BCUT2D eigenvalue weighted by Crippen LogP contribution is -2.13. The van der Waals surface area contributed by atoms with Crippen LogP contribution in [-0.2, 0) is 4.79 Å². The van der Waals surface area contributed by atoms with Crippen molar-refractivity contribution in [3.8, 4) is 17.6 Å². The first-order valence-corrected chi connectivity index (χ1v) is 7.87. The summed E-state index contributed by atoms with van der Waals surface area (Å²) in [6.45, 7) is 0. The third-order valence-electron chi connectivity index (χ3n) is 3.93. The maximum absolute atomic E-state index is 12.4. The summed E-state index contributed by atoms with van der Waals surface area (Å²) in [5.41, 5.74) is 2.22. The van der Waals surface area contributed by atoms with E-state index in [0.29, 0.717) is 17.2 Å². The number of nitrogens with zero attached hydrogens (tertiary/aromatic N) is 1. The maximum Gasteiger partial charge on any atom is 0.266 e. The van der Waals surface area contributed by atoms with Gasteiger partial charge in [0.25, 0.3) is 5.91 Å². The van der Waals surface area contributed by atoms with E-state index >= 15 is 0 Å². The molecular formula is C20H17N3O3. The Labute approximate surface area is 150 Å². The average Bonchev–Trinajstić information content (AvgIpc) is 3.08. The Kier molecular flexibility index (Phi) is 4.90. The van der Waals surface area contributed by atoms with Gasteiger partial charge in [-0.15, -0.1) is 0 Å². The molecule has 0 spiro atoms. The highest BCUT2D eigenvalue weighted by Gasteiger charge is 2.12. The molecule has 1 aromatic heterocycles. The number of aromatic amines is 1. The fourth-order valence-corrected chi connectivity index (χ4v) is 2.54. The molecule has 0 radical (unpaired) electrons. The molecule has 1 amide bonds. The minimum atomic E-state index is -0.477. The van der Waals surface area contributed by atoms with Crippen molar-refractivity contribution in [1.82, 2.24) is 4.98 Å². The van der Waals surface area contributed by atoms with Gasteiger partial charge in [-0.25, -0.2) is 0 Å². The lowest BCUT2D eigenvalue weighted by Gasteiger charge is -2.05. The van der Waals surface area contributed by atoms with E-state index in [1.807, 2.05) is 24.3 Å². The number of anilines is 1. The first kappa shape index (κ1) is 17.1. The number of H-pyrrole nitrogens is 1. The Morgan fingerprint density at radius 3 is 2.46 bits per heavy atom. The predicted molar refractivity (Wildman–Crippen MR) is 100 cm³/mol. The lowest BCUT2D eigenvalue weighted by atomic mass is 10.1. The van der Waals surface area contributed by atoms with Gasteiger partial charge in [0, 0.05) is 28.4 Å². The zero-order valence-electron chi connectivity index (χ0n) is 14.4. The number of methoxy groups -OCH3 is 2. The van der Waals surface area contributed by atoms with E-state index in [1.165, 1.54) is 0 Å². The van der Waals surface area contributed by atoms with E-state index < -0.39 is 5.91 Å². The molecule has 0 atom stereocenters. The lowest BCUT2D eigenvalue weighted by molar-refractivity contribution is -0.112. The maximum atomic E-state index is 12.4. The van der Waals surface area contributed by atoms with E-state index in [-0.39, 0.29) is 5.57 Å². The van der Waals surface area contributed by atoms with Crippen LogP contribution >= 0.6 is 0 Å². The summed E-state index contributed by atoms with van der Waals surface area (Å²) in [6.07, 6.45) is 3.30. The standard InChI is InChI=1S/C20H17N3O3/c1-25-16-5-3-15(4-6-16)23-20(24)13(11-21)9-14-12-22-19-8-7-17(26-2)10-18(14)19/h3-10,12,22H,1-2H3,(H,23,24). The number of carbonyl (C=O) groups excluding carboxylic acids is 1. The molecule has 3 aromatic rings. The zero-order valence-corrected chi connectivity index (χ0v) is 14.4. The molecule has 6 heteroatoms. The van der Waals surface area contributed by atoms with Gasteiger partial charge in [-0.1, -0.05) is 0 Å². The van der Waals surface area contributed by atoms with E-state index in [2.05, 4.69) is 10.3 Å². The van der Waals surface area contributed by atoms with Gasteiger partial charge in [0.05, 0.1) is 14.2 Å². The Balaban J connectivity index is 1.87. The molecule has 0 saturated carbocycles. The number of rotatable bonds is 5. The monoisotopic (exact) mass is 347 g/mol. The number of nitrogens with one attached hydrogen (secondary N) is 2. The number of benzene rings is 2. The molecular weight excluding hydrogens is 330 g/mol. The van der Waals surface area contributed by atoms with Crippen molar-refractivity contribution in [1.29, 1.82) is 5.26 Å². The number of hydrogen-bond acceptors (Lipinski definition) is 4. The molecule has 6 nitrogen and oxygen atoms in total. The molecule has 130 valence electrons. The smallest absolute Gasteiger partial charge is 0.266 e. The normalized spacial score (nSPS) is 11.0. The van der Waals surface area contributed by atoms with Gasteiger partial charge in [0.1, 0.15) is 23.1 Å². The van der Waals surface area contributed by atoms with Crippen LogP contribution in [0.4, 0.5) is 5.69 Å². The summed E-state index contributed by atoms with van der Waals surface area (Å²) in [5.74, 6) is 0.912. The number of hydrogen-bond donors (Lipinski definition) is 2. The van der Waals surface area contributed by atoms with Crippen LogP contribution in [0.1, 0.15) is 5.56 Å². The number of carbonyl (C=O) groups is 1. The minimum absolute atomic E-state index is 0.00420. The van der Waals surface area contributed by atoms with Gasteiger partial charge in [-0.05, 0) is 48.5 Å². The fourth-order valence-electron chi connectivity index (χ4n) is 2.54. The molecule has 0 bridgehead atoms. The quantitative estimate of drug-likeness (QED) is 0.544. The van der Waals surface area contributed by atoms with E-state index in [9.17, 15) is 10.1 Å². The predicted octanol–water partition coefficient (Wildman–Crippen LogP) is 3.73. The van der Waals surface area contributed by atoms with Gasteiger partial charge in [-0.3, -0.25) is 4.79 Å². The summed E-state index contributed by atoms with van der Waals surface area (Å²) < 4.78 is 10.3. The Morgan fingerprint density at radius 1 is 1.12 bits per heavy atom. The van der Waals surface area contributed by atoms with Crippen LogP contribution < -0.4 is 14.8 Å². The molecule has 0 unspecified atom stereocenters. The van der Waals surface area contributed by atoms with E-state index in [4.69, 9.17) is 9.47 Å². The van der Waals surface area contributed by atoms with Crippen molar-refractivity contribution in [3.05, 3.63) is 59.8 Å². The van der Waals surface area contributed by atoms with E-state index in [0.717, 1.165) is 16.5 Å². The van der Waals surface area contributed by atoms with Crippen molar-refractivity contribution in [2.75, 3.05) is 19.5 Å². The van der Waals surface area contributed by atoms with Gasteiger partial charge >= 0.3 is 0 Å². The Hall–Kier alpha value is -3.72. The van der Waals surface area contributed by atoms with E-state index in [1.54, 1.807) is 50.8 Å². The summed E-state index contributed by atoms with van der Waals surface area (Å²) in [7, 11) is 3.16. The molecule has 26 heavy (non-hydrogen) atoms. The van der Waals surface area contributed by atoms with Gasteiger partial charge in [0.2, 0.25) is 0 Å². The number of nitriles is 1. The summed E-state index contributed by atoms with van der Waals surface area (Å²) in [6, 6.07) is 14.4. The number of fused-ring (bicyclic) bond motifs is 1. The molecule has 0 aliphatic rings. The minimum Gasteiger partial charge on any atom is -0.497 e. The Bertz CT molecular complexity index is 1010. The molecule has 2 aromatic carbocycles. The topological polar surface area (TPSA) is 87.1 Å². The molecule has 3 rings (SSSR count). The largest absolute Gasteiger partial charge is 0.497 e. The van der Waals surface area contributed by atoms with Crippen molar-refractivity contribution in [2.45, 2.75) is 0 Å². The average molecular weight is 347 g/mol. The number of amides is 1. The van der Waals surface area contributed by atoms with Crippen molar-refractivity contribution >= 4 is 28.6 Å². The second kappa shape index (κ2) is 7.45. The Morgan fingerprint density at radius 2 is 1.81 bits per heavy atom. The van der Waals surface area contributed by atoms with Crippen LogP contribution in [0.15, 0.2) is 54.2 Å². The number of ether oxygens (including phenoxy) is 2. The van der Waals surface area contributed by atoms with Gasteiger partial charge < -0.3 is 19.8 Å². The van der Waals surface area contributed by atoms with Crippen molar-refractivity contribution in [2.24, 2.45) is 0 Å². The summed E-state index contributed by atoms with van der Waals surface area (Å²) >= 11 is 0. The molecule has 0 saturated heterocycles. The summed E-state index contributed by atoms with van der Waals surface area (Å²) in [4.78, 5) is 15.5. The summed E-state index contributed by atoms with van der Waals surface area (Å²) in [5, 5.41) is 13.0. The van der Waals surface area contributed by atoms with Crippen LogP contribution in [0, 0.1) is 11.3 Å². The van der Waals surface area contributed by atoms with Crippen LogP contribution in [0.5, 0.6) is 11.5 Å². The van der Waals surface area contributed by atoms with Crippen LogP contribution in [-0.4, -0.2) is 25.1 Å². The fraction of sp³-hybridized carbons (Fsp3) is 0.100. The van der Waals surface area contributed by atoms with Crippen molar-refractivity contribution < 1.29 is 14.3 Å². The van der Waals surface area contributed by atoms with Gasteiger partial charge in [-0.2, -0.15) is 5.26 Å². The molecule has 0 aliphatic heterocycles. The first-order chi connectivity index (χ1) is 12.6.